The lowest BCUT2D eigenvalue weighted by Crippen LogP contribution is -2.44. The van der Waals surface area contributed by atoms with E-state index >= 15 is 0 Å². The van der Waals surface area contributed by atoms with Gasteiger partial charge in [0.05, 0.1) is 6.20 Å². The molecule has 0 radical (unpaired) electrons. The zero-order valence-corrected chi connectivity index (χ0v) is 8.42. The highest BCUT2D eigenvalue weighted by molar-refractivity contribution is 5.74. The first-order chi connectivity index (χ1) is 7.25. The number of urea groups is 1. The van der Waals surface area contributed by atoms with E-state index in [1.165, 1.54) is 6.42 Å². The molecule has 15 heavy (non-hydrogen) atoms. The number of nitrogens with one attached hydrogen (secondary N) is 3. The lowest BCUT2D eigenvalue weighted by atomic mass is 9.93. The summed E-state index contributed by atoms with van der Waals surface area (Å²) < 4.78 is 0. The number of rotatable bonds is 3. The summed E-state index contributed by atoms with van der Waals surface area (Å²) in [6.07, 6.45) is 4.99. The summed E-state index contributed by atoms with van der Waals surface area (Å²) in [4.78, 5) is 11.4. The number of aromatic amines is 1. The Balaban J connectivity index is 1.73. The SMILES string of the molecule is Nc1[nH]ncc1CNC(=O)NC1CCC1. The van der Waals surface area contributed by atoms with Crippen LogP contribution in [0.2, 0.25) is 0 Å². The molecule has 6 nitrogen and oxygen atoms in total. The average Bonchev–Trinajstić information content (AvgIpc) is 2.55. The van der Waals surface area contributed by atoms with E-state index in [9.17, 15) is 4.79 Å². The smallest absolute Gasteiger partial charge is 0.315 e. The Morgan fingerprint density at radius 1 is 1.67 bits per heavy atom. The van der Waals surface area contributed by atoms with Crippen molar-refractivity contribution in [1.29, 1.82) is 0 Å². The van der Waals surface area contributed by atoms with Crippen LogP contribution in [-0.2, 0) is 6.54 Å². The molecule has 1 aliphatic rings. The first-order valence-corrected chi connectivity index (χ1v) is 5.08. The van der Waals surface area contributed by atoms with Crippen LogP contribution in [0, 0.1) is 0 Å². The molecule has 1 aliphatic carbocycles. The van der Waals surface area contributed by atoms with Gasteiger partial charge < -0.3 is 16.4 Å². The number of amides is 2. The molecule has 2 rings (SSSR count). The molecular weight excluding hydrogens is 194 g/mol. The minimum absolute atomic E-state index is 0.139. The van der Waals surface area contributed by atoms with Gasteiger partial charge in [-0.2, -0.15) is 5.10 Å². The van der Waals surface area contributed by atoms with Crippen LogP contribution in [0.3, 0.4) is 0 Å². The topological polar surface area (TPSA) is 95.8 Å². The summed E-state index contributed by atoms with van der Waals surface area (Å²) in [5, 5.41) is 12.0. The van der Waals surface area contributed by atoms with Gasteiger partial charge >= 0.3 is 6.03 Å². The zero-order chi connectivity index (χ0) is 10.7. The molecule has 6 heteroatoms. The maximum Gasteiger partial charge on any atom is 0.315 e. The fourth-order valence-corrected chi connectivity index (χ4v) is 1.43. The highest BCUT2D eigenvalue weighted by Gasteiger charge is 2.19. The second-order valence-corrected chi connectivity index (χ2v) is 3.76. The Hall–Kier alpha value is -1.72. The number of H-pyrrole nitrogens is 1. The second-order valence-electron chi connectivity index (χ2n) is 3.76. The van der Waals surface area contributed by atoms with Crippen LogP contribution < -0.4 is 16.4 Å². The Morgan fingerprint density at radius 3 is 3.00 bits per heavy atom. The van der Waals surface area contributed by atoms with Crippen molar-refractivity contribution in [2.45, 2.75) is 31.8 Å². The van der Waals surface area contributed by atoms with Gasteiger partial charge in [0.25, 0.3) is 0 Å². The molecule has 1 fully saturated rings. The maximum absolute atomic E-state index is 11.4. The van der Waals surface area contributed by atoms with E-state index in [0.29, 0.717) is 18.4 Å². The number of anilines is 1. The predicted molar refractivity (Wildman–Crippen MR) is 56.0 cm³/mol. The van der Waals surface area contributed by atoms with Gasteiger partial charge in [-0.15, -0.1) is 0 Å². The molecule has 0 bridgehead atoms. The number of nitrogen functional groups attached to an aromatic ring is 1. The number of carbonyl (C=O) groups is 1. The molecule has 5 N–H and O–H groups in total. The Bertz CT molecular complexity index is 344. The van der Waals surface area contributed by atoms with Gasteiger partial charge in [0, 0.05) is 18.2 Å². The summed E-state index contributed by atoms with van der Waals surface area (Å²) in [5.74, 6) is 0.499. The molecule has 0 unspecified atom stereocenters. The van der Waals surface area contributed by atoms with Gasteiger partial charge in [0.2, 0.25) is 0 Å². The van der Waals surface area contributed by atoms with Crippen molar-refractivity contribution in [3.8, 4) is 0 Å². The maximum atomic E-state index is 11.4. The van der Waals surface area contributed by atoms with Crippen molar-refractivity contribution in [2.75, 3.05) is 5.73 Å². The third-order valence-corrected chi connectivity index (χ3v) is 2.63. The molecule has 2 amide bonds. The van der Waals surface area contributed by atoms with Gasteiger partial charge in [-0.1, -0.05) is 0 Å². The molecule has 1 saturated carbocycles. The minimum atomic E-state index is -0.139. The monoisotopic (exact) mass is 209 g/mol. The average molecular weight is 209 g/mol. The molecular formula is C9H15N5O. The Kier molecular flexibility index (Phi) is 2.75. The molecule has 0 aliphatic heterocycles. The fourth-order valence-electron chi connectivity index (χ4n) is 1.43. The number of carbonyl (C=O) groups excluding carboxylic acids is 1. The van der Waals surface area contributed by atoms with E-state index in [-0.39, 0.29) is 6.03 Å². The number of nitrogens with zero attached hydrogens (tertiary/aromatic N) is 1. The largest absolute Gasteiger partial charge is 0.384 e. The van der Waals surface area contributed by atoms with Crippen LogP contribution >= 0.6 is 0 Å². The molecule has 0 aromatic carbocycles. The van der Waals surface area contributed by atoms with Crippen LogP contribution in [0.25, 0.3) is 0 Å². The van der Waals surface area contributed by atoms with Crippen molar-refractivity contribution in [3.05, 3.63) is 11.8 Å². The van der Waals surface area contributed by atoms with Crippen molar-refractivity contribution in [3.63, 3.8) is 0 Å². The third-order valence-electron chi connectivity index (χ3n) is 2.63. The minimum Gasteiger partial charge on any atom is -0.384 e. The van der Waals surface area contributed by atoms with Crippen LogP contribution in [0.4, 0.5) is 10.6 Å². The highest BCUT2D eigenvalue weighted by Crippen LogP contribution is 2.17. The molecule has 1 heterocycles. The molecule has 1 aromatic rings. The van der Waals surface area contributed by atoms with E-state index in [0.717, 1.165) is 18.4 Å². The van der Waals surface area contributed by atoms with E-state index in [4.69, 9.17) is 5.73 Å². The predicted octanol–water partition coefficient (Wildman–Crippen LogP) is 0.344. The van der Waals surface area contributed by atoms with E-state index in [2.05, 4.69) is 20.8 Å². The number of nitrogens with two attached hydrogens (primary N) is 1. The quantitative estimate of drug-likeness (QED) is 0.578. The van der Waals surface area contributed by atoms with Crippen LogP contribution in [-0.4, -0.2) is 22.3 Å². The molecule has 0 saturated heterocycles. The summed E-state index contributed by atoms with van der Waals surface area (Å²) in [5.41, 5.74) is 6.38. The summed E-state index contributed by atoms with van der Waals surface area (Å²) in [6, 6.07) is 0.215. The standard InChI is InChI=1S/C9H15N5O/c10-8-6(5-12-14-8)4-11-9(15)13-7-2-1-3-7/h5,7H,1-4H2,(H3,10,12,14)(H2,11,13,15). The van der Waals surface area contributed by atoms with Crippen molar-refractivity contribution in [1.82, 2.24) is 20.8 Å². The summed E-state index contributed by atoms with van der Waals surface area (Å²) in [7, 11) is 0. The molecule has 0 atom stereocenters. The lowest BCUT2D eigenvalue weighted by molar-refractivity contribution is 0.228. The van der Waals surface area contributed by atoms with Crippen LogP contribution in [0.5, 0.6) is 0 Å². The second kappa shape index (κ2) is 4.20. The van der Waals surface area contributed by atoms with Crippen molar-refractivity contribution >= 4 is 11.8 Å². The third kappa shape index (κ3) is 2.39. The van der Waals surface area contributed by atoms with Gasteiger partial charge in [-0.3, -0.25) is 5.10 Å². The summed E-state index contributed by atoms with van der Waals surface area (Å²) in [6.45, 7) is 0.404. The lowest BCUT2D eigenvalue weighted by Gasteiger charge is -2.26. The van der Waals surface area contributed by atoms with E-state index in [1.54, 1.807) is 6.20 Å². The van der Waals surface area contributed by atoms with Crippen molar-refractivity contribution in [2.24, 2.45) is 0 Å². The normalized spacial score (nSPS) is 15.7. The molecule has 0 spiro atoms. The number of hydrogen-bond acceptors (Lipinski definition) is 3. The van der Waals surface area contributed by atoms with Gasteiger partial charge in [-0.05, 0) is 19.3 Å². The summed E-state index contributed by atoms with van der Waals surface area (Å²) >= 11 is 0. The zero-order valence-electron chi connectivity index (χ0n) is 8.42. The number of aromatic nitrogens is 2. The first kappa shape index (κ1) is 9.82. The van der Waals surface area contributed by atoms with Gasteiger partial charge in [0.15, 0.2) is 0 Å². The van der Waals surface area contributed by atoms with Crippen molar-refractivity contribution < 1.29 is 4.79 Å². The van der Waals surface area contributed by atoms with Crippen LogP contribution in [0.15, 0.2) is 6.20 Å². The first-order valence-electron chi connectivity index (χ1n) is 5.08. The Morgan fingerprint density at radius 2 is 2.47 bits per heavy atom. The Labute approximate surface area is 87.6 Å². The van der Waals surface area contributed by atoms with E-state index < -0.39 is 0 Å². The van der Waals surface area contributed by atoms with Crippen LogP contribution in [0.1, 0.15) is 24.8 Å². The van der Waals surface area contributed by atoms with E-state index in [1.807, 2.05) is 0 Å². The molecule has 1 aromatic heterocycles. The van der Waals surface area contributed by atoms with Gasteiger partial charge in [0.1, 0.15) is 5.82 Å². The number of hydrogen-bond donors (Lipinski definition) is 4. The molecule has 82 valence electrons. The fraction of sp³-hybridized carbons (Fsp3) is 0.556. The van der Waals surface area contributed by atoms with Gasteiger partial charge in [-0.25, -0.2) is 4.79 Å². The highest BCUT2D eigenvalue weighted by atomic mass is 16.2.